The molecule has 0 aliphatic heterocycles. The molecule has 140 valence electrons. The van der Waals surface area contributed by atoms with Crippen LogP contribution >= 0.6 is 0 Å². The Balaban J connectivity index is 1.69. The Morgan fingerprint density at radius 2 is 1.82 bits per heavy atom. The second kappa shape index (κ2) is 5.40. The highest BCUT2D eigenvalue weighted by molar-refractivity contribution is 6.10. The van der Waals surface area contributed by atoms with Crippen LogP contribution in [-0.4, -0.2) is 0 Å². The van der Waals surface area contributed by atoms with Gasteiger partial charge in [-0.3, -0.25) is 0 Å². The van der Waals surface area contributed by atoms with Crippen molar-refractivity contribution in [2.75, 3.05) is 0 Å². The summed E-state index contributed by atoms with van der Waals surface area (Å²) in [4.78, 5) is 0. The zero-order chi connectivity index (χ0) is 19.2. The van der Waals surface area contributed by atoms with Crippen molar-refractivity contribution >= 4 is 21.9 Å². The Kier molecular flexibility index (Phi) is 3.13. The number of pyridine rings is 1. The third kappa shape index (κ3) is 2.03. The molecule has 1 saturated carbocycles. The quantitative estimate of drug-likeness (QED) is 0.371. The average Bonchev–Trinajstić information content (AvgIpc) is 3.34. The first kappa shape index (κ1) is 16.2. The minimum Gasteiger partial charge on any atom is -0.455 e. The van der Waals surface area contributed by atoms with Gasteiger partial charge in [0.2, 0.25) is 5.69 Å². The van der Waals surface area contributed by atoms with Crippen LogP contribution in [0.4, 0.5) is 8.78 Å². The van der Waals surface area contributed by atoms with Crippen molar-refractivity contribution in [3.63, 3.8) is 0 Å². The van der Waals surface area contributed by atoms with Crippen molar-refractivity contribution in [2.45, 2.75) is 38.0 Å². The monoisotopic (exact) mass is 376 g/mol. The molecular formula is C24H20F2NO+. The predicted molar refractivity (Wildman–Crippen MR) is 104 cm³/mol. The van der Waals surface area contributed by atoms with Crippen LogP contribution in [0.1, 0.15) is 47.8 Å². The number of nitrogens with zero attached hydrogens (tertiary/aromatic N) is 1. The first-order chi connectivity index (χ1) is 13.5. The molecule has 28 heavy (non-hydrogen) atoms. The van der Waals surface area contributed by atoms with Gasteiger partial charge in [0, 0.05) is 23.1 Å². The molecule has 1 fully saturated rings. The molecule has 2 aliphatic carbocycles. The van der Waals surface area contributed by atoms with E-state index in [9.17, 15) is 8.78 Å². The summed E-state index contributed by atoms with van der Waals surface area (Å²) in [6, 6.07) is 8.11. The highest BCUT2D eigenvalue weighted by Crippen LogP contribution is 2.53. The molecule has 4 aromatic rings. The van der Waals surface area contributed by atoms with E-state index in [-0.39, 0.29) is 11.6 Å². The number of aromatic nitrogens is 1. The van der Waals surface area contributed by atoms with E-state index in [1.165, 1.54) is 42.5 Å². The molecule has 0 radical (unpaired) electrons. The second-order valence-electron chi connectivity index (χ2n) is 8.38. The lowest BCUT2D eigenvalue weighted by Crippen LogP contribution is -2.32. The van der Waals surface area contributed by atoms with E-state index in [4.69, 9.17) is 4.42 Å². The van der Waals surface area contributed by atoms with Crippen LogP contribution in [0.5, 0.6) is 0 Å². The molecule has 0 N–H and O–H groups in total. The number of furan rings is 1. The van der Waals surface area contributed by atoms with Crippen molar-refractivity contribution < 1.29 is 17.8 Å². The van der Waals surface area contributed by atoms with Crippen LogP contribution in [0.3, 0.4) is 0 Å². The van der Waals surface area contributed by atoms with Crippen molar-refractivity contribution in [1.82, 2.24) is 0 Å². The minimum atomic E-state index is -0.385. The van der Waals surface area contributed by atoms with Crippen molar-refractivity contribution in [2.24, 2.45) is 7.05 Å². The van der Waals surface area contributed by atoms with Gasteiger partial charge in [-0.1, -0.05) is 0 Å². The number of rotatable bonds is 1. The summed E-state index contributed by atoms with van der Waals surface area (Å²) in [5.74, 6) is 0.610. The number of aryl methyl sites for hydroxylation is 2. The van der Waals surface area contributed by atoms with Gasteiger partial charge in [0.1, 0.15) is 24.3 Å². The van der Waals surface area contributed by atoms with Gasteiger partial charge in [-0.05, 0) is 67.3 Å². The smallest absolute Gasteiger partial charge is 0.216 e. The lowest BCUT2D eigenvalue weighted by Gasteiger charge is -2.15. The topological polar surface area (TPSA) is 17.0 Å². The second-order valence-corrected chi connectivity index (χ2v) is 8.38. The van der Waals surface area contributed by atoms with Gasteiger partial charge in [-0.25, -0.2) is 13.3 Å². The van der Waals surface area contributed by atoms with Gasteiger partial charge >= 0.3 is 0 Å². The van der Waals surface area contributed by atoms with Crippen LogP contribution in [0, 0.1) is 18.6 Å². The molecule has 2 bridgehead atoms. The van der Waals surface area contributed by atoms with Gasteiger partial charge in [0.25, 0.3) is 0 Å². The zero-order valence-corrected chi connectivity index (χ0v) is 15.9. The van der Waals surface area contributed by atoms with E-state index >= 15 is 0 Å². The van der Waals surface area contributed by atoms with Gasteiger partial charge in [0.15, 0.2) is 11.8 Å². The van der Waals surface area contributed by atoms with Crippen LogP contribution in [0.2, 0.25) is 0 Å². The summed E-state index contributed by atoms with van der Waals surface area (Å²) in [6.45, 7) is 1.91. The summed E-state index contributed by atoms with van der Waals surface area (Å²) in [6.07, 6.45) is 6.03. The molecule has 2 atom stereocenters. The molecule has 4 heteroatoms. The van der Waals surface area contributed by atoms with E-state index in [1.807, 2.05) is 14.0 Å². The van der Waals surface area contributed by atoms with Crippen molar-refractivity contribution in [3.8, 4) is 11.3 Å². The Morgan fingerprint density at radius 1 is 1.04 bits per heavy atom. The number of hydrogen-bond donors (Lipinski definition) is 0. The molecule has 0 saturated heterocycles. The van der Waals surface area contributed by atoms with Gasteiger partial charge in [-0.2, -0.15) is 0 Å². The first-order valence-corrected chi connectivity index (χ1v) is 9.86. The van der Waals surface area contributed by atoms with E-state index in [1.54, 1.807) is 12.1 Å². The third-order valence-corrected chi connectivity index (χ3v) is 6.76. The lowest BCUT2D eigenvalue weighted by molar-refractivity contribution is -0.660. The molecule has 2 nitrogen and oxygen atoms in total. The number of fused-ring (bicyclic) bond motifs is 8. The Bertz CT molecular complexity index is 1300. The maximum atomic E-state index is 14.9. The van der Waals surface area contributed by atoms with Crippen LogP contribution in [0.15, 0.2) is 40.9 Å². The van der Waals surface area contributed by atoms with E-state index in [0.29, 0.717) is 33.8 Å². The Hall–Kier alpha value is -2.75. The maximum absolute atomic E-state index is 14.9. The predicted octanol–water partition coefficient (Wildman–Crippen LogP) is 6.03. The third-order valence-electron chi connectivity index (χ3n) is 6.76. The summed E-state index contributed by atoms with van der Waals surface area (Å²) < 4.78 is 36.8. The SMILES string of the molecule is Cc1cc(F)c2c(oc3cc(F)ccc32)c1-c1cc2c(c[n+]1C)C1CCC2C1. The number of benzene rings is 2. The van der Waals surface area contributed by atoms with Crippen molar-refractivity contribution in [3.05, 3.63) is 64.9 Å². The van der Waals surface area contributed by atoms with Crippen molar-refractivity contribution in [1.29, 1.82) is 0 Å². The van der Waals surface area contributed by atoms with Gasteiger partial charge < -0.3 is 4.42 Å². The van der Waals surface area contributed by atoms with E-state index < -0.39 is 0 Å². The number of hydrogen-bond acceptors (Lipinski definition) is 1. The van der Waals surface area contributed by atoms with Crippen LogP contribution < -0.4 is 4.57 Å². The largest absolute Gasteiger partial charge is 0.455 e. The fourth-order valence-corrected chi connectivity index (χ4v) is 5.49. The van der Waals surface area contributed by atoms with Gasteiger partial charge in [-0.15, -0.1) is 0 Å². The molecule has 2 aromatic carbocycles. The molecule has 0 spiro atoms. The van der Waals surface area contributed by atoms with Crippen LogP contribution in [-0.2, 0) is 7.05 Å². The fourth-order valence-electron chi connectivity index (χ4n) is 5.49. The Morgan fingerprint density at radius 3 is 2.64 bits per heavy atom. The molecule has 0 amide bonds. The van der Waals surface area contributed by atoms with Crippen LogP contribution in [0.25, 0.3) is 33.2 Å². The molecule has 2 unspecified atom stereocenters. The molecule has 2 aromatic heterocycles. The standard InChI is InChI=1S/C24H20F2NO/c1-12-7-19(26)23-16-6-5-15(25)9-21(16)28-24(23)22(12)20-10-17-13-3-4-14(8-13)18(17)11-27(20)2/h5-7,9-11,13-14H,3-4,8H2,1-2H3/q+1. The molecular weight excluding hydrogens is 356 g/mol. The summed E-state index contributed by atoms with van der Waals surface area (Å²) >= 11 is 0. The lowest BCUT2D eigenvalue weighted by atomic mass is 9.91. The maximum Gasteiger partial charge on any atom is 0.216 e. The summed E-state index contributed by atoms with van der Waals surface area (Å²) in [5.41, 5.74) is 6.51. The summed E-state index contributed by atoms with van der Waals surface area (Å²) in [5, 5.41) is 1.04. The number of halogens is 2. The molecule has 2 heterocycles. The van der Waals surface area contributed by atoms with E-state index in [2.05, 4.69) is 16.8 Å². The normalized spacial score (nSPS) is 20.4. The molecule has 6 rings (SSSR count). The van der Waals surface area contributed by atoms with Gasteiger partial charge in [0.05, 0.1) is 10.9 Å². The highest BCUT2D eigenvalue weighted by atomic mass is 19.1. The highest BCUT2D eigenvalue weighted by Gasteiger charge is 2.40. The first-order valence-electron chi connectivity index (χ1n) is 9.86. The Labute approximate surface area is 161 Å². The zero-order valence-electron chi connectivity index (χ0n) is 15.9. The minimum absolute atomic E-state index is 0.329. The summed E-state index contributed by atoms with van der Waals surface area (Å²) in [7, 11) is 2.04. The fraction of sp³-hybridized carbons (Fsp3) is 0.292. The average molecular weight is 376 g/mol. The van der Waals surface area contributed by atoms with E-state index in [0.717, 1.165) is 16.8 Å². The molecule has 2 aliphatic rings.